The van der Waals surface area contributed by atoms with E-state index in [1.165, 1.54) is 0 Å². The molecule has 0 aromatic heterocycles. The molecule has 28 heavy (non-hydrogen) atoms. The summed E-state index contributed by atoms with van der Waals surface area (Å²) in [7, 11) is 0. The van der Waals surface area contributed by atoms with Crippen molar-refractivity contribution in [2.75, 3.05) is 11.9 Å². The fourth-order valence-electron chi connectivity index (χ4n) is 3.58. The van der Waals surface area contributed by atoms with Crippen molar-refractivity contribution in [1.29, 1.82) is 0 Å². The van der Waals surface area contributed by atoms with Crippen LogP contribution < -0.4 is 10.6 Å². The van der Waals surface area contributed by atoms with E-state index in [2.05, 4.69) is 10.6 Å². The van der Waals surface area contributed by atoms with E-state index in [9.17, 15) is 14.4 Å². The third-order valence-corrected chi connectivity index (χ3v) is 5.13. The van der Waals surface area contributed by atoms with Gasteiger partial charge in [-0.05, 0) is 29.5 Å². The van der Waals surface area contributed by atoms with Crippen LogP contribution in [-0.4, -0.2) is 29.3 Å². The lowest BCUT2D eigenvalue weighted by Gasteiger charge is -2.25. The Morgan fingerprint density at radius 2 is 1.71 bits per heavy atom. The SMILES string of the molecule is CC[C@]1(c2ccccc2)NC(=O)N(CC(=O)Nc2ccccc2C(C)C)C1=O. The molecule has 0 saturated carbocycles. The first-order valence-electron chi connectivity index (χ1n) is 9.47. The Hall–Kier alpha value is -3.15. The van der Waals surface area contributed by atoms with E-state index in [4.69, 9.17) is 0 Å². The van der Waals surface area contributed by atoms with Gasteiger partial charge >= 0.3 is 6.03 Å². The van der Waals surface area contributed by atoms with Crippen LogP contribution in [0.15, 0.2) is 54.6 Å². The van der Waals surface area contributed by atoms with E-state index in [0.717, 1.165) is 10.5 Å². The summed E-state index contributed by atoms with van der Waals surface area (Å²) in [5.74, 6) is -0.575. The van der Waals surface area contributed by atoms with E-state index in [0.29, 0.717) is 17.7 Å². The maximum atomic E-state index is 13.1. The fourth-order valence-corrected chi connectivity index (χ4v) is 3.58. The lowest BCUT2D eigenvalue weighted by atomic mass is 9.87. The number of imide groups is 1. The third-order valence-electron chi connectivity index (χ3n) is 5.13. The molecule has 0 spiro atoms. The van der Waals surface area contributed by atoms with Crippen molar-refractivity contribution in [2.45, 2.75) is 38.6 Å². The van der Waals surface area contributed by atoms with Gasteiger partial charge in [0.1, 0.15) is 12.1 Å². The van der Waals surface area contributed by atoms with Gasteiger partial charge in [0.2, 0.25) is 5.91 Å². The molecule has 3 rings (SSSR count). The molecule has 2 aromatic carbocycles. The van der Waals surface area contributed by atoms with Crippen LogP contribution in [0.5, 0.6) is 0 Å². The van der Waals surface area contributed by atoms with Crippen LogP contribution in [0, 0.1) is 0 Å². The van der Waals surface area contributed by atoms with Gasteiger partial charge in [-0.2, -0.15) is 0 Å². The molecular weight excluding hydrogens is 354 g/mol. The smallest absolute Gasteiger partial charge is 0.324 e. The van der Waals surface area contributed by atoms with Gasteiger partial charge in [0.05, 0.1) is 0 Å². The van der Waals surface area contributed by atoms with Crippen LogP contribution in [0.4, 0.5) is 10.5 Å². The summed E-state index contributed by atoms with van der Waals surface area (Å²) in [6.45, 7) is 5.59. The number of carbonyl (C=O) groups is 3. The summed E-state index contributed by atoms with van der Waals surface area (Å²) in [4.78, 5) is 39.2. The van der Waals surface area contributed by atoms with Crippen molar-refractivity contribution in [3.8, 4) is 0 Å². The molecule has 0 radical (unpaired) electrons. The first-order valence-corrected chi connectivity index (χ1v) is 9.47. The molecule has 1 aliphatic heterocycles. The Kier molecular flexibility index (Phi) is 5.49. The van der Waals surface area contributed by atoms with Gasteiger partial charge in [0.15, 0.2) is 0 Å². The number of hydrogen-bond acceptors (Lipinski definition) is 3. The summed E-state index contributed by atoms with van der Waals surface area (Å²) in [6.07, 6.45) is 0.399. The second kappa shape index (κ2) is 7.84. The molecule has 1 heterocycles. The van der Waals surface area contributed by atoms with Gasteiger partial charge in [-0.15, -0.1) is 0 Å². The molecule has 0 aliphatic carbocycles. The first-order chi connectivity index (χ1) is 13.4. The Balaban J connectivity index is 1.79. The summed E-state index contributed by atoms with van der Waals surface area (Å²) in [6, 6.07) is 16.1. The van der Waals surface area contributed by atoms with Gasteiger partial charge < -0.3 is 10.6 Å². The maximum Gasteiger partial charge on any atom is 0.325 e. The summed E-state index contributed by atoms with van der Waals surface area (Å²) >= 11 is 0. The third kappa shape index (κ3) is 3.50. The molecule has 2 N–H and O–H groups in total. The zero-order valence-electron chi connectivity index (χ0n) is 16.4. The number of anilines is 1. The molecule has 1 saturated heterocycles. The molecule has 1 fully saturated rings. The summed E-state index contributed by atoms with van der Waals surface area (Å²) < 4.78 is 0. The number of para-hydroxylation sites is 1. The molecule has 146 valence electrons. The number of urea groups is 1. The van der Waals surface area contributed by atoms with Crippen molar-refractivity contribution >= 4 is 23.5 Å². The predicted molar refractivity (Wildman–Crippen MR) is 108 cm³/mol. The van der Waals surface area contributed by atoms with E-state index >= 15 is 0 Å². The second-order valence-corrected chi connectivity index (χ2v) is 7.24. The van der Waals surface area contributed by atoms with Crippen LogP contribution in [0.2, 0.25) is 0 Å². The number of benzene rings is 2. The summed E-state index contributed by atoms with van der Waals surface area (Å²) in [5.41, 5.74) is 1.28. The maximum absolute atomic E-state index is 13.1. The summed E-state index contributed by atoms with van der Waals surface area (Å²) in [5, 5.41) is 5.62. The van der Waals surface area contributed by atoms with Crippen LogP contribution in [-0.2, 0) is 15.1 Å². The minimum Gasteiger partial charge on any atom is -0.324 e. The van der Waals surface area contributed by atoms with E-state index in [-0.39, 0.29) is 12.5 Å². The molecular formula is C22H25N3O3. The van der Waals surface area contributed by atoms with Crippen LogP contribution >= 0.6 is 0 Å². The minimum atomic E-state index is -1.13. The zero-order chi connectivity index (χ0) is 20.3. The highest BCUT2D eigenvalue weighted by atomic mass is 16.2. The van der Waals surface area contributed by atoms with Gasteiger partial charge in [-0.25, -0.2) is 4.79 Å². The molecule has 0 bridgehead atoms. The highest BCUT2D eigenvalue weighted by Crippen LogP contribution is 2.32. The Morgan fingerprint density at radius 1 is 1.07 bits per heavy atom. The molecule has 1 atom stereocenters. The standard InChI is InChI=1S/C22H25N3O3/c1-4-22(16-10-6-5-7-11-16)20(27)25(21(28)24-22)14-19(26)23-18-13-9-8-12-17(18)15(2)3/h5-13,15H,4,14H2,1-3H3,(H,23,26)(H,24,28)/t22-/m1/s1. The predicted octanol–water partition coefficient (Wildman–Crippen LogP) is 3.61. The average Bonchev–Trinajstić information content (AvgIpc) is 2.94. The Bertz CT molecular complexity index is 895. The largest absolute Gasteiger partial charge is 0.325 e. The topological polar surface area (TPSA) is 78.5 Å². The van der Waals surface area contributed by atoms with Gasteiger partial charge in [0.25, 0.3) is 5.91 Å². The lowest BCUT2D eigenvalue weighted by molar-refractivity contribution is -0.134. The molecule has 6 nitrogen and oxygen atoms in total. The number of rotatable bonds is 6. The second-order valence-electron chi connectivity index (χ2n) is 7.24. The van der Waals surface area contributed by atoms with Crippen molar-refractivity contribution in [2.24, 2.45) is 0 Å². The van der Waals surface area contributed by atoms with E-state index < -0.39 is 23.4 Å². The first kappa shape index (κ1) is 19.6. The average molecular weight is 379 g/mol. The van der Waals surface area contributed by atoms with Crippen molar-refractivity contribution in [3.63, 3.8) is 0 Å². The van der Waals surface area contributed by atoms with Crippen LogP contribution in [0.3, 0.4) is 0 Å². The Morgan fingerprint density at radius 3 is 2.36 bits per heavy atom. The zero-order valence-corrected chi connectivity index (χ0v) is 16.4. The van der Waals surface area contributed by atoms with Crippen molar-refractivity contribution in [3.05, 3.63) is 65.7 Å². The molecule has 0 unspecified atom stereocenters. The quantitative estimate of drug-likeness (QED) is 0.753. The monoisotopic (exact) mass is 379 g/mol. The number of amides is 4. The van der Waals surface area contributed by atoms with Crippen molar-refractivity contribution < 1.29 is 14.4 Å². The number of carbonyl (C=O) groups excluding carboxylic acids is 3. The number of hydrogen-bond donors (Lipinski definition) is 2. The Labute approximate surface area is 164 Å². The van der Waals surface area contributed by atoms with Gasteiger partial charge in [0, 0.05) is 5.69 Å². The normalized spacial score (nSPS) is 19.1. The molecule has 1 aliphatic rings. The van der Waals surface area contributed by atoms with Crippen LogP contribution in [0.1, 0.15) is 44.2 Å². The highest BCUT2D eigenvalue weighted by molar-refractivity contribution is 6.10. The lowest BCUT2D eigenvalue weighted by Crippen LogP contribution is -2.44. The highest BCUT2D eigenvalue weighted by Gasteiger charge is 2.51. The molecule has 6 heteroatoms. The van der Waals surface area contributed by atoms with E-state index in [1.54, 1.807) is 0 Å². The molecule has 2 aromatic rings. The van der Waals surface area contributed by atoms with E-state index in [1.807, 2.05) is 75.4 Å². The minimum absolute atomic E-state index is 0.235. The number of nitrogens with zero attached hydrogens (tertiary/aromatic N) is 1. The fraction of sp³-hybridized carbons (Fsp3) is 0.318. The molecule has 4 amide bonds. The van der Waals surface area contributed by atoms with Gasteiger partial charge in [-0.3, -0.25) is 14.5 Å². The number of nitrogens with one attached hydrogen (secondary N) is 2. The van der Waals surface area contributed by atoms with Crippen LogP contribution in [0.25, 0.3) is 0 Å². The van der Waals surface area contributed by atoms with Crippen molar-refractivity contribution in [1.82, 2.24) is 10.2 Å². The van der Waals surface area contributed by atoms with Gasteiger partial charge in [-0.1, -0.05) is 69.3 Å².